The van der Waals surface area contributed by atoms with Crippen molar-refractivity contribution in [2.45, 2.75) is 39.2 Å². The Kier molecular flexibility index (Phi) is 6.69. The van der Waals surface area contributed by atoms with E-state index in [1.54, 1.807) is 20.8 Å². The number of rotatable bonds is 7. The molecule has 24 heavy (non-hydrogen) atoms. The van der Waals surface area contributed by atoms with Gasteiger partial charge in [-0.1, -0.05) is 0 Å². The summed E-state index contributed by atoms with van der Waals surface area (Å²) in [7, 11) is 1.21. The molecule has 0 aromatic heterocycles. The van der Waals surface area contributed by atoms with Gasteiger partial charge in [0.05, 0.1) is 17.6 Å². The normalized spacial score (nSPS) is 10.8. The Morgan fingerprint density at radius 3 is 2.50 bits per heavy atom. The third-order valence-corrected chi connectivity index (χ3v) is 2.91. The molecule has 0 unspecified atom stereocenters. The minimum Gasteiger partial charge on any atom is -0.465 e. The molecule has 0 saturated carbocycles. The molecule has 0 aliphatic heterocycles. The highest BCUT2D eigenvalue weighted by atomic mass is 16.6. The molecule has 1 rings (SSSR count). The first kappa shape index (κ1) is 19.4. The van der Waals surface area contributed by atoms with Crippen LogP contribution in [0.3, 0.4) is 0 Å². The van der Waals surface area contributed by atoms with E-state index in [2.05, 4.69) is 10.1 Å². The molecule has 0 aliphatic carbocycles. The van der Waals surface area contributed by atoms with E-state index in [0.29, 0.717) is 13.0 Å². The molecule has 0 amide bonds. The van der Waals surface area contributed by atoms with Gasteiger partial charge in [0, 0.05) is 19.0 Å². The topological polar surface area (TPSA) is 108 Å². The van der Waals surface area contributed by atoms with Crippen molar-refractivity contribution in [2.75, 3.05) is 19.0 Å². The predicted octanol–water partition coefficient (Wildman–Crippen LogP) is 2.92. The van der Waals surface area contributed by atoms with Crippen LogP contribution in [0.2, 0.25) is 0 Å². The Hall–Kier alpha value is -2.64. The summed E-state index contributed by atoms with van der Waals surface area (Å²) in [6.45, 7) is 5.72. The molecule has 0 atom stereocenters. The number of carbonyl (C=O) groups excluding carboxylic acids is 2. The van der Waals surface area contributed by atoms with Crippen LogP contribution in [0.1, 0.15) is 44.0 Å². The van der Waals surface area contributed by atoms with Crippen LogP contribution in [0.4, 0.5) is 11.4 Å². The van der Waals surface area contributed by atoms with Crippen LogP contribution < -0.4 is 5.32 Å². The SMILES string of the molecule is COC(=O)c1ccc(NCCCC(=O)OC(C)(C)C)c([N+](=O)[O-])c1. The number of ether oxygens (including phenoxy) is 2. The van der Waals surface area contributed by atoms with Gasteiger partial charge in [0.2, 0.25) is 0 Å². The van der Waals surface area contributed by atoms with E-state index in [1.165, 1.54) is 19.2 Å². The van der Waals surface area contributed by atoms with Crippen molar-refractivity contribution in [1.29, 1.82) is 0 Å². The first-order valence-electron chi connectivity index (χ1n) is 7.46. The van der Waals surface area contributed by atoms with Gasteiger partial charge in [-0.05, 0) is 39.3 Å². The van der Waals surface area contributed by atoms with Crippen LogP contribution in [0.15, 0.2) is 18.2 Å². The maximum Gasteiger partial charge on any atom is 0.338 e. The standard InChI is InChI=1S/C16H22N2O6/c1-16(2,3)24-14(19)6-5-9-17-12-8-7-11(15(20)23-4)10-13(12)18(21)22/h7-8,10,17H,5-6,9H2,1-4H3. The van der Waals surface area contributed by atoms with E-state index >= 15 is 0 Å². The highest BCUT2D eigenvalue weighted by molar-refractivity contribution is 5.91. The Balaban J connectivity index is 2.63. The van der Waals surface area contributed by atoms with Gasteiger partial charge in [-0.25, -0.2) is 4.79 Å². The maximum absolute atomic E-state index is 11.6. The minimum absolute atomic E-state index is 0.100. The average Bonchev–Trinajstić information content (AvgIpc) is 2.49. The van der Waals surface area contributed by atoms with E-state index in [4.69, 9.17) is 4.74 Å². The molecule has 0 aliphatic rings. The number of nitro benzene ring substituents is 1. The van der Waals surface area contributed by atoms with Crippen molar-refractivity contribution < 1.29 is 24.0 Å². The molecule has 0 spiro atoms. The van der Waals surface area contributed by atoms with Crippen LogP contribution in [0, 0.1) is 10.1 Å². The highest BCUT2D eigenvalue weighted by Gasteiger charge is 2.18. The van der Waals surface area contributed by atoms with Gasteiger partial charge in [-0.2, -0.15) is 0 Å². The fraction of sp³-hybridized carbons (Fsp3) is 0.500. The van der Waals surface area contributed by atoms with E-state index < -0.39 is 16.5 Å². The molecule has 0 fully saturated rings. The van der Waals surface area contributed by atoms with Gasteiger partial charge in [-0.3, -0.25) is 14.9 Å². The van der Waals surface area contributed by atoms with E-state index in [-0.39, 0.29) is 29.3 Å². The van der Waals surface area contributed by atoms with Gasteiger partial charge < -0.3 is 14.8 Å². The Bertz CT molecular complexity index is 621. The summed E-state index contributed by atoms with van der Waals surface area (Å²) < 4.78 is 9.72. The number of nitro groups is 1. The number of hydrogen-bond donors (Lipinski definition) is 1. The van der Waals surface area contributed by atoms with Gasteiger partial charge in [0.25, 0.3) is 5.69 Å². The number of anilines is 1. The molecule has 1 N–H and O–H groups in total. The summed E-state index contributed by atoms with van der Waals surface area (Å²) in [5, 5.41) is 14.0. The summed E-state index contributed by atoms with van der Waals surface area (Å²) in [6, 6.07) is 4.04. The quantitative estimate of drug-likeness (QED) is 0.352. The van der Waals surface area contributed by atoms with Crippen LogP contribution in [-0.4, -0.2) is 36.1 Å². The molecule has 132 valence electrons. The fourth-order valence-electron chi connectivity index (χ4n) is 1.93. The number of esters is 2. The monoisotopic (exact) mass is 338 g/mol. The number of nitrogens with one attached hydrogen (secondary N) is 1. The van der Waals surface area contributed by atoms with Crippen molar-refractivity contribution in [3.05, 3.63) is 33.9 Å². The van der Waals surface area contributed by atoms with Crippen LogP contribution in [0.5, 0.6) is 0 Å². The molecule has 0 heterocycles. The molecule has 1 aromatic carbocycles. The maximum atomic E-state index is 11.6. The number of benzene rings is 1. The molecule has 8 heteroatoms. The summed E-state index contributed by atoms with van der Waals surface area (Å²) in [6.07, 6.45) is 0.670. The summed E-state index contributed by atoms with van der Waals surface area (Å²) in [5.41, 5.74) is -0.386. The summed E-state index contributed by atoms with van der Waals surface area (Å²) in [5.74, 6) is -0.964. The lowest BCUT2D eigenvalue weighted by Gasteiger charge is -2.19. The van der Waals surface area contributed by atoms with Crippen molar-refractivity contribution >= 4 is 23.3 Å². The number of nitrogens with zero attached hydrogens (tertiary/aromatic N) is 1. The van der Waals surface area contributed by atoms with Crippen LogP contribution in [-0.2, 0) is 14.3 Å². The predicted molar refractivity (Wildman–Crippen MR) is 88.0 cm³/mol. The van der Waals surface area contributed by atoms with Crippen molar-refractivity contribution in [3.63, 3.8) is 0 Å². The smallest absolute Gasteiger partial charge is 0.338 e. The Labute approximate surface area is 140 Å². The molecular formula is C16H22N2O6. The average molecular weight is 338 g/mol. The zero-order valence-electron chi connectivity index (χ0n) is 14.3. The second-order valence-corrected chi connectivity index (χ2v) is 6.10. The molecule has 8 nitrogen and oxygen atoms in total. The largest absolute Gasteiger partial charge is 0.465 e. The van der Waals surface area contributed by atoms with Crippen molar-refractivity contribution in [2.24, 2.45) is 0 Å². The fourth-order valence-corrected chi connectivity index (χ4v) is 1.93. The van der Waals surface area contributed by atoms with E-state index in [9.17, 15) is 19.7 Å². The number of methoxy groups -OCH3 is 1. The van der Waals surface area contributed by atoms with Gasteiger partial charge in [0.1, 0.15) is 11.3 Å². The third-order valence-electron chi connectivity index (χ3n) is 2.91. The van der Waals surface area contributed by atoms with Crippen molar-refractivity contribution in [3.8, 4) is 0 Å². The minimum atomic E-state index is -0.644. The lowest BCUT2D eigenvalue weighted by molar-refractivity contribution is -0.384. The highest BCUT2D eigenvalue weighted by Crippen LogP contribution is 2.26. The van der Waals surface area contributed by atoms with Crippen LogP contribution in [0.25, 0.3) is 0 Å². The van der Waals surface area contributed by atoms with Crippen LogP contribution >= 0.6 is 0 Å². The van der Waals surface area contributed by atoms with Crippen molar-refractivity contribution in [1.82, 2.24) is 0 Å². The zero-order valence-corrected chi connectivity index (χ0v) is 14.3. The Morgan fingerprint density at radius 2 is 1.96 bits per heavy atom. The molecule has 0 radical (unpaired) electrons. The van der Waals surface area contributed by atoms with E-state index in [0.717, 1.165) is 6.07 Å². The third kappa shape index (κ3) is 6.23. The second-order valence-electron chi connectivity index (χ2n) is 6.10. The first-order valence-corrected chi connectivity index (χ1v) is 7.46. The van der Waals surface area contributed by atoms with E-state index in [1.807, 2.05) is 0 Å². The second kappa shape index (κ2) is 8.28. The molecular weight excluding hydrogens is 316 g/mol. The van der Waals surface area contributed by atoms with Gasteiger partial charge in [0.15, 0.2) is 0 Å². The molecule has 1 aromatic rings. The molecule has 0 saturated heterocycles. The van der Waals surface area contributed by atoms with Gasteiger partial charge >= 0.3 is 11.9 Å². The number of carbonyl (C=O) groups is 2. The lowest BCUT2D eigenvalue weighted by Crippen LogP contribution is -2.24. The zero-order chi connectivity index (χ0) is 18.3. The molecule has 0 bridgehead atoms. The summed E-state index contributed by atoms with van der Waals surface area (Å²) in [4.78, 5) is 33.6. The Morgan fingerprint density at radius 1 is 1.29 bits per heavy atom. The first-order chi connectivity index (χ1) is 11.1. The number of hydrogen-bond acceptors (Lipinski definition) is 7. The lowest BCUT2D eigenvalue weighted by atomic mass is 10.1. The van der Waals surface area contributed by atoms with Gasteiger partial charge in [-0.15, -0.1) is 0 Å². The summed E-state index contributed by atoms with van der Waals surface area (Å²) >= 11 is 0.